The van der Waals surface area contributed by atoms with Crippen LogP contribution >= 0.6 is 0 Å². The van der Waals surface area contributed by atoms with Crippen molar-refractivity contribution in [1.29, 1.82) is 0 Å². The Morgan fingerprint density at radius 2 is 1.65 bits per heavy atom. The van der Waals surface area contributed by atoms with Gasteiger partial charge in [-0.2, -0.15) is 0 Å². The fourth-order valence-electron chi connectivity index (χ4n) is 3.05. The van der Waals surface area contributed by atoms with Gasteiger partial charge in [-0.15, -0.1) is 0 Å². The molecule has 31 heavy (non-hydrogen) atoms. The molecule has 0 heterocycles. The monoisotopic (exact) mass is 419 g/mol. The average Bonchev–Trinajstić information content (AvgIpc) is 2.80. The summed E-state index contributed by atoms with van der Waals surface area (Å²) in [4.78, 5) is 25.2. The van der Waals surface area contributed by atoms with E-state index >= 15 is 0 Å². The Bertz CT molecular complexity index is 1050. The fraction of sp³-hybridized carbons (Fsp3) is 0.200. The number of esters is 1. The van der Waals surface area contributed by atoms with E-state index in [4.69, 9.17) is 14.2 Å². The van der Waals surface area contributed by atoms with E-state index in [0.717, 1.165) is 11.1 Å². The zero-order chi connectivity index (χ0) is 22.2. The summed E-state index contributed by atoms with van der Waals surface area (Å²) in [5, 5.41) is 2.85. The topological polar surface area (TPSA) is 73.9 Å². The molecule has 6 heteroatoms. The standard InChI is InChI=1S/C25H25NO5/c1-4-30-22-15-14-19(16-23(22)29-3)25(28)31-17(2)24(27)26-21-13-9-8-12-20(21)18-10-6-5-7-11-18/h5-17H,4H2,1-3H3,(H,26,27)/t17-/m0/s1. The molecule has 0 aromatic heterocycles. The molecule has 1 atom stereocenters. The van der Waals surface area contributed by atoms with Crippen LogP contribution in [0, 0.1) is 0 Å². The minimum atomic E-state index is -0.992. The summed E-state index contributed by atoms with van der Waals surface area (Å²) in [6.45, 7) is 3.86. The zero-order valence-corrected chi connectivity index (χ0v) is 17.8. The highest BCUT2D eigenvalue weighted by Crippen LogP contribution is 2.29. The lowest BCUT2D eigenvalue weighted by molar-refractivity contribution is -0.123. The maximum atomic E-state index is 12.7. The number of hydrogen-bond acceptors (Lipinski definition) is 5. The molecule has 3 rings (SSSR count). The molecule has 3 aromatic rings. The van der Waals surface area contributed by atoms with Gasteiger partial charge in [0.2, 0.25) is 0 Å². The SMILES string of the molecule is CCOc1ccc(C(=O)O[C@@H](C)C(=O)Nc2ccccc2-c2ccccc2)cc1OC. The van der Waals surface area contributed by atoms with Gasteiger partial charge in [0.15, 0.2) is 17.6 Å². The third-order valence-electron chi connectivity index (χ3n) is 4.62. The van der Waals surface area contributed by atoms with Crippen LogP contribution in [0.1, 0.15) is 24.2 Å². The Morgan fingerprint density at radius 1 is 0.935 bits per heavy atom. The molecule has 0 spiro atoms. The van der Waals surface area contributed by atoms with E-state index in [1.807, 2.05) is 61.5 Å². The van der Waals surface area contributed by atoms with Gasteiger partial charge in [-0.3, -0.25) is 4.79 Å². The number of para-hydroxylation sites is 1. The molecule has 1 amide bonds. The number of benzene rings is 3. The molecule has 0 unspecified atom stereocenters. The molecule has 3 aromatic carbocycles. The minimum absolute atomic E-state index is 0.268. The second-order valence-electron chi connectivity index (χ2n) is 6.75. The van der Waals surface area contributed by atoms with Gasteiger partial charge in [-0.25, -0.2) is 4.79 Å². The number of hydrogen-bond donors (Lipinski definition) is 1. The number of carbonyl (C=O) groups excluding carboxylic acids is 2. The highest BCUT2D eigenvalue weighted by atomic mass is 16.5. The summed E-state index contributed by atoms with van der Waals surface area (Å²) in [6, 6.07) is 22.0. The summed E-state index contributed by atoms with van der Waals surface area (Å²) >= 11 is 0. The van der Waals surface area contributed by atoms with Gasteiger partial charge in [0.1, 0.15) is 0 Å². The van der Waals surface area contributed by atoms with Crippen LogP contribution < -0.4 is 14.8 Å². The number of amides is 1. The van der Waals surface area contributed by atoms with Crippen LogP contribution in [0.2, 0.25) is 0 Å². The molecule has 0 fully saturated rings. The number of anilines is 1. The van der Waals surface area contributed by atoms with E-state index in [9.17, 15) is 9.59 Å². The number of methoxy groups -OCH3 is 1. The van der Waals surface area contributed by atoms with Crippen molar-refractivity contribution >= 4 is 17.6 Å². The van der Waals surface area contributed by atoms with Crippen molar-refractivity contribution in [3.05, 3.63) is 78.4 Å². The highest BCUT2D eigenvalue weighted by Gasteiger charge is 2.21. The van der Waals surface area contributed by atoms with E-state index in [0.29, 0.717) is 23.8 Å². The van der Waals surface area contributed by atoms with Crippen LogP contribution in [0.25, 0.3) is 11.1 Å². The number of carbonyl (C=O) groups is 2. The molecular weight excluding hydrogens is 394 g/mol. The summed E-state index contributed by atoms with van der Waals surface area (Å²) in [5.74, 6) is -0.0926. The van der Waals surface area contributed by atoms with Gasteiger partial charge in [0.25, 0.3) is 5.91 Å². The van der Waals surface area contributed by atoms with Crippen molar-refractivity contribution in [3.63, 3.8) is 0 Å². The molecule has 0 bridgehead atoms. The normalized spacial score (nSPS) is 11.3. The third kappa shape index (κ3) is 5.42. The lowest BCUT2D eigenvalue weighted by Crippen LogP contribution is -2.30. The molecule has 0 saturated heterocycles. The first-order valence-electron chi connectivity index (χ1n) is 10.0. The molecule has 160 valence electrons. The van der Waals surface area contributed by atoms with Crippen LogP contribution in [-0.4, -0.2) is 31.7 Å². The van der Waals surface area contributed by atoms with Crippen molar-refractivity contribution in [2.45, 2.75) is 20.0 Å². The molecule has 0 aliphatic heterocycles. The minimum Gasteiger partial charge on any atom is -0.493 e. The van der Waals surface area contributed by atoms with Crippen molar-refractivity contribution in [1.82, 2.24) is 0 Å². The van der Waals surface area contributed by atoms with E-state index in [2.05, 4.69) is 5.32 Å². The Morgan fingerprint density at radius 3 is 2.35 bits per heavy atom. The van der Waals surface area contributed by atoms with Gasteiger partial charge in [-0.05, 0) is 43.7 Å². The van der Waals surface area contributed by atoms with Crippen molar-refractivity contribution in [2.24, 2.45) is 0 Å². The predicted octanol–water partition coefficient (Wildman–Crippen LogP) is 4.94. The Balaban J connectivity index is 1.70. The fourth-order valence-corrected chi connectivity index (χ4v) is 3.05. The molecule has 1 N–H and O–H groups in total. The number of rotatable bonds is 8. The lowest BCUT2D eigenvalue weighted by Gasteiger charge is -2.16. The van der Waals surface area contributed by atoms with Gasteiger partial charge in [0, 0.05) is 11.3 Å². The Kier molecular flexibility index (Phi) is 7.27. The van der Waals surface area contributed by atoms with Crippen molar-refractivity contribution < 1.29 is 23.8 Å². The summed E-state index contributed by atoms with van der Waals surface area (Å²) in [6.07, 6.45) is -0.992. The van der Waals surface area contributed by atoms with E-state index < -0.39 is 18.0 Å². The van der Waals surface area contributed by atoms with Crippen LogP contribution in [0.5, 0.6) is 11.5 Å². The van der Waals surface area contributed by atoms with E-state index in [1.54, 1.807) is 12.1 Å². The molecule has 0 saturated carbocycles. The second kappa shape index (κ2) is 10.3. The molecule has 0 radical (unpaired) electrons. The van der Waals surface area contributed by atoms with Crippen LogP contribution in [0.4, 0.5) is 5.69 Å². The largest absolute Gasteiger partial charge is 0.493 e. The summed E-state index contributed by atoms with van der Waals surface area (Å²) in [7, 11) is 1.49. The van der Waals surface area contributed by atoms with E-state index in [-0.39, 0.29) is 5.56 Å². The van der Waals surface area contributed by atoms with Gasteiger partial charge < -0.3 is 19.5 Å². The Hall–Kier alpha value is -3.80. The molecule has 6 nitrogen and oxygen atoms in total. The summed E-state index contributed by atoms with van der Waals surface area (Å²) in [5.41, 5.74) is 2.77. The first-order valence-corrected chi connectivity index (χ1v) is 10.0. The van der Waals surface area contributed by atoms with Gasteiger partial charge >= 0.3 is 5.97 Å². The van der Waals surface area contributed by atoms with Crippen LogP contribution in [-0.2, 0) is 9.53 Å². The molecule has 0 aliphatic carbocycles. The molecule has 0 aliphatic rings. The van der Waals surface area contributed by atoms with E-state index in [1.165, 1.54) is 20.1 Å². The Labute approximate surface area is 181 Å². The first-order chi connectivity index (χ1) is 15.0. The first kappa shape index (κ1) is 21.9. The maximum absolute atomic E-state index is 12.7. The van der Waals surface area contributed by atoms with Gasteiger partial charge in [0.05, 0.1) is 19.3 Å². The number of ether oxygens (including phenoxy) is 3. The van der Waals surface area contributed by atoms with Crippen molar-refractivity contribution in [3.8, 4) is 22.6 Å². The predicted molar refractivity (Wildman–Crippen MR) is 120 cm³/mol. The average molecular weight is 419 g/mol. The lowest BCUT2D eigenvalue weighted by atomic mass is 10.0. The second-order valence-corrected chi connectivity index (χ2v) is 6.75. The molecular formula is C25H25NO5. The third-order valence-corrected chi connectivity index (χ3v) is 4.62. The van der Waals surface area contributed by atoms with Crippen LogP contribution in [0.3, 0.4) is 0 Å². The summed E-state index contributed by atoms with van der Waals surface area (Å²) < 4.78 is 16.1. The quantitative estimate of drug-likeness (QED) is 0.523. The highest BCUT2D eigenvalue weighted by molar-refractivity contribution is 6.00. The zero-order valence-electron chi connectivity index (χ0n) is 17.8. The maximum Gasteiger partial charge on any atom is 0.339 e. The van der Waals surface area contributed by atoms with Gasteiger partial charge in [-0.1, -0.05) is 48.5 Å². The van der Waals surface area contributed by atoms with Crippen molar-refractivity contribution in [2.75, 3.05) is 19.0 Å². The van der Waals surface area contributed by atoms with Crippen LogP contribution in [0.15, 0.2) is 72.8 Å². The number of nitrogens with one attached hydrogen (secondary N) is 1. The smallest absolute Gasteiger partial charge is 0.339 e.